The Morgan fingerprint density at radius 3 is 2.41 bits per heavy atom. The first-order valence-electron chi connectivity index (χ1n) is 4.64. The monoisotopic (exact) mass is 234 g/mol. The molecule has 17 heavy (non-hydrogen) atoms. The molecule has 1 aromatic carbocycles. The molecule has 1 aromatic rings. The van der Waals surface area contributed by atoms with E-state index < -0.39 is 11.9 Å². The van der Waals surface area contributed by atoms with Gasteiger partial charge in [0, 0.05) is 6.08 Å². The van der Waals surface area contributed by atoms with Crippen LogP contribution in [0.3, 0.4) is 0 Å². The van der Waals surface area contributed by atoms with Crippen LogP contribution in [-0.2, 0) is 9.59 Å². The van der Waals surface area contributed by atoms with Gasteiger partial charge in [0.1, 0.15) is 5.75 Å². The smallest absolute Gasteiger partial charge is 0.336 e. The van der Waals surface area contributed by atoms with Crippen molar-refractivity contribution in [1.82, 2.24) is 0 Å². The quantitative estimate of drug-likeness (QED) is 0.542. The molecule has 1 rings (SSSR count). The van der Waals surface area contributed by atoms with Crippen LogP contribution < -0.4 is 0 Å². The number of carbonyl (C=O) groups is 2. The summed E-state index contributed by atoms with van der Waals surface area (Å²) in [6.07, 6.45) is 3.10. The summed E-state index contributed by atoms with van der Waals surface area (Å²) in [5, 5.41) is 26.6. The molecule has 0 saturated carbocycles. The van der Waals surface area contributed by atoms with Gasteiger partial charge in [-0.1, -0.05) is 18.2 Å². The summed E-state index contributed by atoms with van der Waals surface area (Å²) in [5.41, 5.74) is 0.200. The van der Waals surface area contributed by atoms with Gasteiger partial charge in [-0.3, -0.25) is 0 Å². The predicted molar refractivity (Wildman–Crippen MR) is 60.5 cm³/mol. The van der Waals surface area contributed by atoms with Gasteiger partial charge in [-0.2, -0.15) is 0 Å². The lowest BCUT2D eigenvalue weighted by molar-refractivity contribution is -0.132. The van der Waals surface area contributed by atoms with Gasteiger partial charge < -0.3 is 15.3 Å². The van der Waals surface area contributed by atoms with Crippen molar-refractivity contribution in [3.05, 3.63) is 48.1 Å². The van der Waals surface area contributed by atoms with Gasteiger partial charge in [-0.25, -0.2) is 9.59 Å². The topological polar surface area (TPSA) is 94.8 Å². The Morgan fingerprint density at radius 2 is 1.88 bits per heavy atom. The highest BCUT2D eigenvalue weighted by atomic mass is 16.4. The van der Waals surface area contributed by atoms with E-state index in [1.165, 1.54) is 24.3 Å². The molecule has 0 saturated heterocycles. The van der Waals surface area contributed by atoms with Gasteiger partial charge >= 0.3 is 11.9 Å². The molecule has 0 amide bonds. The second kappa shape index (κ2) is 5.50. The van der Waals surface area contributed by atoms with Gasteiger partial charge in [0.05, 0.1) is 5.57 Å². The van der Waals surface area contributed by atoms with Crippen LogP contribution >= 0.6 is 0 Å². The predicted octanol–water partition coefficient (Wildman–Crippen LogP) is 1.50. The third-order valence-corrected chi connectivity index (χ3v) is 1.89. The minimum absolute atomic E-state index is 0.0585. The molecule has 0 aliphatic rings. The van der Waals surface area contributed by atoms with E-state index >= 15 is 0 Å². The molecule has 0 aromatic heterocycles. The standard InChI is InChI=1S/C12H10O5/c13-9-4-1-3-8(7-9)10(12(16)17)5-2-6-11(14)15/h1-7,13H,(H,14,15)(H,16,17). The van der Waals surface area contributed by atoms with E-state index in [9.17, 15) is 14.7 Å². The second-order valence-electron chi connectivity index (χ2n) is 3.13. The minimum atomic E-state index is -1.20. The molecular weight excluding hydrogens is 224 g/mol. The van der Waals surface area contributed by atoms with Gasteiger partial charge in [0.2, 0.25) is 0 Å². The summed E-state index contributed by atoms with van der Waals surface area (Å²) in [7, 11) is 0. The molecule has 0 aliphatic heterocycles. The summed E-state index contributed by atoms with van der Waals surface area (Å²) in [4.78, 5) is 21.2. The molecule has 0 atom stereocenters. The second-order valence-corrected chi connectivity index (χ2v) is 3.13. The van der Waals surface area contributed by atoms with Crippen LogP contribution in [0.15, 0.2) is 42.5 Å². The average molecular weight is 234 g/mol. The highest BCUT2D eigenvalue weighted by Gasteiger charge is 2.09. The summed E-state index contributed by atoms with van der Waals surface area (Å²) in [6.45, 7) is 0. The first kappa shape index (κ1) is 12.5. The molecular formula is C12H10O5. The highest BCUT2D eigenvalue weighted by molar-refractivity contribution is 6.15. The number of allylic oxidation sites excluding steroid dienone is 2. The molecule has 0 bridgehead atoms. The Morgan fingerprint density at radius 1 is 1.18 bits per heavy atom. The van der Waals surface area contributed by atoms with Crippen LogP contribution in [0.5, 0.6) is 5.75 Å². The lowest BCUT2D eigenvalue weighted by Crippen LogP contribution is -1.99. The fraction of sp³-hybridized carbons (Fsp3) is 0. The lowest BCUT2D eigenvalue weighted by Gasteiger charge is -2.01. The number of aliphatic carboxylic acids is 2. The summed E-state index contributed by atoms with van der Waals surface area (Å²) in [6, 6.07) is 5.71. The zero-order chi connectivity index (χ0) is 12.8. The van der Waals surface area contributed by atoms with E-state index in [0.29, 0.717) is 5.56 Å². The Hall–Kier alpha value is -2.56. The highest BCUT2D eigenvalue weighted by Crippen LogP contribution is 2.19. The molecule has 5 nitrogen and oxygen atoms in total. The maximum Gasteiger partial charge on any atom is 0.336 e. The summed E-state index contributed by atoms with van der Waals surface area (Å²) in [5.74, 6) is -2.43. The van der Waals surface area contributed by atoms with E-state index in [1.54, 1.807) is 0 Å². The van der Waals surface area contributed by atoms with Crippen molar-refractivity contribution < 1.29 is 24.9 Å². The molecule has 0 unspecified atom stereocenters. The van der Waals surface area contributed by atoms with Gasteiger partial charge in [0.25, 0.3) is 0 Å². The van der Waals surface area contributed by atoms with Crippen molar-refractivity contribution >= 4 is 17.5 Å². The van der Waals surface area contributed by atoms with Crippen molar-refractivity contribution in [3.63, 3.8) is 0 Å². The first-order chi connectivity index (χ1) is 8.00. The summed E-state index contributed by atoms with van der Waals surface area (Å²) < 4.78 is 0. The largest absolute Gasteiger partial charge is 0.508 e. The summed E-state index contributed by atoms with van der Waals surface area (Å²) >= 11 is 0. The maximum atomic E-state index is 11.0. The normalized spacial score (nSPS) is 11.6. The van der Waals surface area contributed by atoms with Gasteiger partial charge in [0.15, 0.2) is 0 Å². The SMILES string of the molecule is O=C(O)C=CC=C(C(=O)O)c1cccc(O)c1. The van der Waals surface area contributed by atoms with E-state index in [2.05, 4.69) is 0 Å². The Labute approximate surface area is 96.9 Å². The van der Waals surface area contributed by atoms with E-state index in [0.717, 1.165) is 18.2 Å². The third kappa shape index (κ3) is 3.83. The number of rotatable bonds is 4. The molecule has 0 spiro atoms. The number of hydrogen-bond acceptors (Lipinski definition) is 3. The molecule has 88 valence electrons. The van der Waals surface area contributed by atoms with Crippen molar-refractivity contribution in [1.29, 1.82) is 0 Å². The first-order valence-corrected chi connectivity index (χ1v) is 4.64. The van der Waals surface area contributed by atoms with E-state index in [4.69, 9.17) is 10.2 Å². The fourth-order valence-corrected chi connectivity index (χ4v) is 1.19. The van der Waals surface area contributed by atoms with Crippen molar-refractivity contribution in [2.24, 2.45) is 0 Å². The Bertz CT molecular complexity index is 499. The fourth-order valence-electron chi connectivity index (χ4n) is 1.19. The zero-order valence-corrected chi connectivity index (χ0v) is 8.70. The van der Waals surface area contributed by atoms with Crippen molar-refractivity contribution in [3.8, 4) is 5.75 Å². The van der Waals surface area contributed by atoms with E-state index in [-0.39, 0.29) is 11.3 Å². The molecule has 0 radical (unpaired) electrons. The van der Waals surface area contributed by atoms with Crippen LogP contribution in [-0.4, -0.2) is 27.3 Å². The maximum absolute atomic E-state index is 11.0. The van der Waals surface area contributed by atoms with E-state index in [1.807, 2.05) is 0 Å². The molecule has 0 aliphatic carbocycles. The third-order valence-electron chi connectivity index (χ3n) is 1.89. The number of phenols is 1. The molecule has 3 N–H and O–H groups in total. The number of benzene rings is 1. The molecule has 5 heteroatoms. The van der Waals surface area contributed by atoms with Crippen molar-refractivity contribution in [2.75, 3.05) is 0 Å². The number of hydrogen-bond donors (Lipinski definition) is 3. The van der Waals surface area contributed by atoms with Crippen LogP contribution in [0.4, 0.5) is 0 Å². The van der Waals surface area contributed by atoms with Crippen LogP contribution in [0.2, 0.25) is 0 Å². The average Bonchev–Trinajstić information content (AvgIpc) is 2.23. The Balaban J connectivity index is 3.10. The van der Waals surface area contributed by atoms with Crippen LogP contribution in [0.25, 0.3) is 5.57 Å². The van der Waals surface area contributed by atoms with Crippen LogP contribution in [0, 0.1) is 0 Å². The number of carboxylic acid groups (broad SMARTS) is 2. The minimum Gasteiger partial charge on any atom is -0.508 e. The van der Waals surface area contributed by atoms with Crippen LogP contribution in [0.1, 0.15) is 5.56 Å². The zero-order valence-electron chi connectivity index (χ0n) is 8.70. The molecule has 0 fully saturated rings. The number of aromatic hydroxyl groups is 1. The van der Waals surface area contributed by atoms with Gasteiger partial charge in [-0.15, -0.1) is 0 Å². The number of carboxylic acids is 2. The number of phenolic OH excluding ortho intramolecular Hbond substituents is 1. The molecule has 0 heterocycles. The Kier molecular flexibility index (Phi) is 4.05. The lowest BCUT2D eigenvalue weighted by atomic mass is 10.1. The van der Waals surface area contributed by atoms with Gasteiger partial charge in [-0.05, 0) is 23.8 Å². The van der Waals surface area contributed by atoms with Crippen molar-refractivity contribution in [2.45, 2.75) is 0 Å².